The molecule has 0 saturated heterocycles. The lowest BCUT2D eigenvalue weighted by Crippen LogP contribution is -2.14. The summed E-state index contributed by atoms with van der Waals surface area (Å²) in [5.74, 6) is 0.781. The fourth-order valence-corrected chi connectivity index (χ4v) is 4.13. The third-order valence-corrected chi connectivity index (χ3v) is 5.93. The van der Waals surface area contributed by atoms with E-state index >= 15 is 0 Å². The molecule has 11 nitrogen and oxygen atoms in total. The molecule has 0 spiro atoms. The molecule has 0 aliphatic carbocycles. The molecule has 3 N–H and O–H groups in total. The highest BCUT2D eigenvalue weighted by atomic mass is 32.2. The number of aromatic nitrogens is 3. The maximum Gasteiger partial charge on any atom is 0.348 e. The van der Waals surface area contributed by atoms with Gasteiger partial charge in [-0.2, -0.15) is 15.3 Å². The predicted octanol–water partition coefficient (Wildman–Crippen LogP) is 3.30. The molecule has 0 atom stereocenters. The van der Waals surface area contributed by atoms with Gasteiger partial charge in [0.15, 0.2) is 0 Å². The topological polar surface area (TPSA) is 158 Å². The quantitative estimate of drug-likeness (QED) is 0.183. The van der Waals surface area contributed by atoms with E-state index in [0.29, 0.717) is 32.3 Å². The van der Waals surface area contributed by atoms with Crippen LogP contribution in [0, 0.1) is 25.2 Å². The number of H-pyrrole nitrogens is 1. The highest BCUT2D eigenvalue weighted by Crippen LogP contribution is 2.33. The van der Waals surface area contributed by atoms with Crippen LogP contribution >= 0.6 is 23.1 Å². The number of nitrogens with zero attached hydrogens (tertiary/aromatic N) is 4. The van der Waals surface area contributed by atoms with Crippen molar-refractivity contribution < 1.29 is 18.7 Å². The maximum atomic E-state index is 12.3. The van der Waals surface area contributed by atoms with Gasteiger partial charge in [-0.1, -0.05) is 11.8 Å². The maximum absolute atomic E-state index is 12.3. The van der Waals surface area contributed by atoms with Crippen LogP contribution in [-0.2, 0) is 9.53 Å². The second-order valence-corrected chi connectivity index (χ2v) is 8.18. The number of hydrogen-bond donors (Lipinski definition) is 3. The molecule has 166 valence electrons. The Hall–Kier alpha value is -3.63. The van der Waals surface area contributed by atoms with Crippen molar-refractivity contribution in [2.75, 3.05) is 23.1 Å². The molecule has 3 rings (SSSR count). The number of furan rings is 1. The lowest BCUT2D eigenvalue weighted by molar-refractivity contribution is -0.113. The largest absolute Gasteiger partial charge is 0.462 e. The second kappa shape index (κ2) is 10.6. The first kappa shape index (κ1) is 23.0. The molecule has 0 aromatic carbocycles. The van der Waals surface area contributed by atoms with Crippen molar-refractivity contribution in [1.82, 2.24) is 15.2 Å². The fraction of sp³-hybridized carbons (Fsp3) is 0.263. The van der Waals surface area contributed by atoms with Crippen LogP contribution in [0.2, 0.25) is 0 Å². The Balaban J connectivity index is 1.54. The average molecular weight is 474 g/mol. The van der Waals surface area contributed by atoms with Crippen LogP contribution in [0.4, 0.5) is 10.9 Å². The van der Waals surface area contributed by atoms with Gasteiger partial charge in [0.25, 0.3) is 0 Å². The minimum absolute atomic E-state index is 0.00277. The van der Waals surface area contributed by atoms with E-state index in [1.54, 1.807) is 19.9 Å². The summed E-state index contributed by atoms with van der Waals surface area (Å²) in [5.41, 5.74) is 3.40. The Morgan fingerprint density at radius 2 is 2.25 bits per heavy atom. The molecule has 0 fully saturated rings. The molecule has 0 unspecified atom stereocenters. The Morgan fingerprint density at radius 3 is 2.94 bits per heavy atom. The van der Waals surface area contributed by atoms with Crippen LogP contribution in [0.3, 0.4) is 0 Å². The van der Waals surface area contributed by atoms with Crippen molar-refractivity contribution >= 4 is 52.1 Å². The monoisotopic (exact) mass is 473 g/mol. The lowest BCUT2D eigenvalue weighted by Gasteiger charge is -2.01. The van der Waals surface area contributed by atoms with E-state index in [2.05, 4.69) is 31.0 Å². The molecule has 0 radical (unpaired) electrons. The van der Waals surface area contributed by atoms with Gasteiger partial charge in [-0.3, -0.25) is 4.79 Å². The number of aryl methyl sites for hydroxylation is 1. The standard InChI is InChI=1S/C19H19N7O4S2/c1-4-29-17(28)15-11(3)13(7-20)16(32-15)22-14(27)9-31-19-23-18(25-26-19)24-21-8-12-6-5-10(2)30-12/h5-6,8H,4,9H2,1-3H3,(H,22,27)(H2,23,24,25,26). The van der Waals surface area contributed by atoms with Gasteiger partial charge < -0.3 is 14.5 Å². The highest BCUT2D eigenvalue weighted by Gasteiger charge is 2.22. The molecule has 0 saturated carbocycles. The van der Waals surface area contributed by atoms with Crippen LogP contribution in [0.25, 0.3) is 0 Å². The molecule has 3 aromatic heterocycles. The van der Waals surface area contributed by atoms with Gasteiger partial charge in [0.2, 0.25) is 17.0 Å². The molecule has 13 heteroatoms. The van der Waals surface area contributed by atoms with Crippen molar-refractivity contribution in [2.45, 2.75) is 25.9 Å². The summed E-state index contributed by atoms with van der Waals surface area (Å²) in [6.45, 7) is 5.39. The zero-order chi connectivity index (χ0) is 23.1. The van der Waals surface area contributed by atoms with Crippen molar-refractivity contribution in [3.05, 3.63) is 39.7 Å². The number of hydrogen-bond acceptors (Lipinski definition) is 11. The van der Waals surface area contributed by atoms with Crippen LogP contribution in [0.15, 0.2) is 26.8 Å². The van der Waals surface area contributed by atoms with Crippen LogP contribution in [-0.4, -0.2) is 45.6 Å². The van der Waals surface area contributed by atoms with Gasteiger partial charge in [-0.05, 0) is 38.5 Å². The molecule has 0 aliphatic rings. The molecule has 0 aliphatic heterocycles. The first-order valence-electron chi connectivity index (χ1n) is 9.32. The third kappa shape index (κ3) is 5.74. The number of carbonyl (C=O) groups excluding carboxylic acids is 2. The minimum Gasteiger partial charge on any atom is -0.462 e. The molecule has 32 heavy (non-hydrogen) atoms. The van der Waals surface area contributed by atoms with E-state index in [0.717, 1.165) is 28.9 Å². The van der Waals surface area contributed by atoms with E-state index in [1.807, 2.05) is 19.1 Å². The summed E-state index contributed by atoms with van der Waals surface area (Å²) < 4.78 is 10.4. The zero-order valence-electron chi connectivity index (χ0n) is 17.4. The summed E-state index contributed by atoms with van der Waals surface area (Å²) in [5, 5.41) is 23.3. The lowest BCUT2D eigenvalue weighted by atomic mass is 10.2. The summed E-state index contributed by atoms with van der Waals surface area (Å²) >= 11 is 2.11. The summed E-state index contributed by atoms with van der Waals surface area (Å²) in [6.07, 6.45) is 1.50. The molecule has 3 aromatic rings. The Morgan fingerprint density at radius 1 is 1.44 bits per heavy atom. The first-order valence-corrected chi connectivity index (χ1v) is 11.1. The Bertz CT molecular complexity index is 1190. The van der Waals surface area contributed by atoms with E-state index < -0.39 is 5.97 Å². The van der Waals surface area contributed by atoms with Crippen molar-refractivity contribution in [3.8, 4) is 6.07 Å². The number of hydrazone groups is 1. The number of thioether (sulfide) groups is 1. The normalized spacial score (nSPS) is 10.8. The van der Waals surface area contributed by atoms with E-state index in [9.17, 15) is 14.9 Å². The van der Waals surface area contributed by atoms with Gasteiger partial charge in [0.1, 0.15) is 27.5 Å². The number of anilines is 2. The van der Waals surface area contributed by atoms with E-state index in [-0.39, 0.29) is 23.8 Å². The SMILES string of the molecule is CCOC(=O)c1sc(NC(=O)CSc2n[nH]c(NN=Cc3ccc(C)o3)n2)c(C#N)c1C. The number of esters is 1. The molecule has 0 bridgehead atoms. The van der Waals surface area contributed by atoms with Gasteiger partial charge in [-0.15, -0.1) is 16.4 Å². The number of aromatic amines is 1. The van der Waals surface area contributed by atoms with Crippen molar-refractivity contribution in [3.63, 3.8) is 0 Å². The molecular weight excluding hydrogens is 454 g/mol. The predicted molar refractivity (Wildman–Crippen MR) is 120 cm³/mol. The van der Waals surface area contributed by atoms with Gasteiger partial charge >= 0.3 is 5.97 Å². The van der Waals surface area contributed by atoms with E-state index in [1.165, 1.54) is 6.21 Å². The number of nitrogens with one attached hydrogen (secondary N) is 3. The molecular formula is C19H19N7O4S2. The molecule has 1 amide bonds. The number of nitriles is 1. The Labute approximate surface area is 191 Å². The number of thiophene rings is 1. The van der Waals surface area contributed by atoms with Crippen LogP contribution in [0.1, 0.15) is 39.2 Å². The second-order valence-electron chi connectivity index (χ2n) is 6.21. The van der Waals surface area contributed by atoms with Crippen LogP contribution in [0.5, 0.6) is 0 Å². The van der Waals surface area contributed by atoms with E-state index in [4.69, 9.17) is 9.15 Å². The molecule has 3 heterocycles. The van der Waals surface area contributed by atoms with Gasteiger partial charge in [-0.25, -0.2) is 15.3 Å². The summed E-state index contributed by atoms with van der Waals surface area (Å²) in [4.78, 5) is 28.8. The number of rotatable bonds is 9. The number of ether oxygens (including phenoxy) is 1. The highest BCUT2D eigenvalue weighted by molar-refractivity contribution is 7.99. The van der Waals surface area contributed by atoms with Gasteiger partial charge in [0, 0.05) is 0 Å². The number of amides is 1. The van der Waals surface area contributed by atoms with Crippen molar-refractivity contribution in [2.24, 2.45) is 5.10 Å². The first-order chi connectivity index (χ1) is 15.4. The Kier molecular flexibility index (Phi) is 7.63. The minimum atomic E-state index is -0.521. The fourth-order valence-electron chi connectivity index (χ4n) is 2.46. The number of carbonyl (C=O) groups is 2. The smallest absolute Gasteiger partial charge is 0.348 e. The average Bonchev–Trinajstić information content (AvgIpc) is 3.46. The van der Waals surface area contributed by atoms with Gasteiger partial charge in [0.05, 0.1) is 24.1 Å². The zero-order valence-corrected chi connectivity index (χ0v) is 19.0. The van der Waals surface area contributed by atoms with Crippen molar-refractivity contribution in [1.29, 1.82) is 5.26 Å². The third-order valence-electron chi connectivity index (χ3n) is 3.89. The van der Waals surface area contributed by atoms with Crippen LogP contribution < -0.4 is 10.7 Å². The summed E-state index contributed by atoms with van der Waals surface area (Å²) in [6, 6.07) is 5.62. The summed E-state index contributed by atoms with van der Waals surface area (Å²) in [7, 11) is 0.